The number of nitrogens with zero attached hydrogens (tertiary/aromatic N) is 1. The Kier molecular flexibility index (Phi) is 6.28. The van der Waals surface area contributed by atoms with E-state index in [2.05, 4.69) is 15.9 Å². The highest BCUT2D eigenvalue weighted by atomic mass is 79.9. The molecule has 2 aromatic carbocycles. The van der Waals surface area contributed by atoms with Crippen LogP contribution in [0.25, 0.3) is 5.69 Å². The molecule has 0 aliphatic carbocycles. The zero-order chi connectivity index (χ0) is 22.1. The van der Waals surface area contributed by atoms with Crippen LogP contribution in [-0.4, -0.2) is 37.6 Å². The topological polar surface area (TPSA) is 82.4 Å². The van der Waals surface area contributed by atoms with Crippen LogP contribution in [0.15, 0.2) is 64.0 Å². The standard InChI is InChI=1S/C22H20BrNO5S/c1-14-10-20(15(2)24(14)18-8-5-7-17(23)12-18)21(25)13-29-22(26)16-6-4-9-19(11-16)30(3,27)28/h4-12H,13H2,1-3H3. The fourth-order valence-electron chi connectivity index (χ4n) is 3.20. The Balaban J connectivity index is 1.78. The van der Waals surface area contributed by atoms with Crippen LogP contribution in [0.4, 0.5) is 0 Å². The molecule has 0 saturated carbocycles. The van der Waals surface area contributed by atoms with Crippen LogP contribution in [0, 0.1) is 13.8 Å². The molecule has 3 aromatic rings. The van der Waals surface area contributed by atoms with E-state index in [1.165, 1.54) is 24.3 Å². The third-order valence-corrected chi connectivity index (χ3v) is 6.23. The average molecular weight is 490 g/mol. The van der Waals surface area contributed by atoms with Gasteiger partial charge in [-0.15, -0.1) is 0 Å². The fourth-order valence-corrected chi connectivity index (χ4v) is 4.26. The summed E-state index contributed by atoms with van der Waals surface area (Å²) in [6.07, 6.45) is 1.06. The normalized spacial score (nSPS) is 11.3. The molecule has 6 nitrogen and oxygen atoms in total. The Morgan fingerprint density at radius 2 is 1.73 bits per heavy atom. The minimum absolute atomic E-state index is 0.0147. The lowest BCUT2D eigenvalue weighted by molar-refractivity contribution is 0.0474. The third-order valence-electron chi connectivity index (χ3n) is 4.63. The summed E-state index contributed by atoms with van der Waals surface area (Å²) in [6.45, 7) is 3.29. The van der Waals surface area contributed by atoms with Gasteiger partial charge in [-0.2, -0.15) is 0 Å². The van der Waals surface area contributed by atoms with Crippen molar-refractivity contribution in [3.05, 3.63) is 81.6 Å². The van der Waals surface area contributed by atoms with Crippen molar-refractivity contribution in [3.63, 3.8) is 0 Å². The molecule has 30 heavy (non-hydrogen) atoms. The van der Waals surface area contributed by atoms with Gasteiger partial charge in [0.15, 0.2) is 16.4 Å². The molecular formula is C22H20BrNO5S. The number of benzene rings is 2. The van der Waals surface area contributed by atoms with Crippen LogP contribution >= 0.6 is 15.9 Å². The van der Waals surface area contributed by atoms with Gasteiger partial charge in [0.2, 0.25) is 5.78 Å². The number of sulfone groups is 1. The summed E-state index contributed by atoms with van der Waals surface area (Å²) in [5.74, 6) is -1.09. The molecule has 0 aliphatic rings. The van der Waals surface area contributed by atoms with Crippen molar-refractivity contribution in [2.75, 3.05) is 12.9 Å². The fraction of sp³-hybridized carbons (Fsp3) is 0.182. The number of ether oxygens (including phenoxy) is 1. The average Bonchev–Trinajstić information content (AvgIpc) is 2.99. The minimum Gasteiger partial charge on any atom is -0.454 e. The van der Waals surface area contributed by atoms with Crippen molar-refractivity contribution in [2.24, 2.45) is 0 Å². The monoisotopic (exact) mass is 489 g/mol. The Bertz CT molecular complexity index is 1240. The number of rotatable bonds is 6. The number of carbonyl (C=O) groups excluding carboxylic acids is 2. The summed E-state index contributed by atoms with van der Waals surface area (Å²) in [5.41, 5.74) is 3.07. The molecule has 0 radical (unpaired) electrons. The molecule has 0 N–H and O–H groups in total. The maximum absolute atomic E-state index is 12.7. The lowest BCUT2D eigenvalue weighted by atomic mass is 10.1. The molecule has 1 aromatic heterocycles. The Labute approximate surface area is 183 Å². The second-order valence-electron chi connectivity index (χ2n) is 6.90. The number of hydrogen-bond acceptors (Lipinski definition) is 5. The van der Waals surface area contributed by atoms with E-state index in [0.29, 0.717) is 5.56 Å². The van der Waals surface area contributed by atoms with Crippen molar-refractivity contribution in [1.82, 2.24) is 4.57 Å². The van der Waals surface area contributed by atoms with E-state index in [1.807, 2.05) is 42.7 Å². The van der Waals surface area contributed by atoms with Crippen molar-refractivity contribution in [1.29, 1.82) is 0 Å². The second-order valence-corrected chi connectivity index (χ2v) is 9.83. The van der Waals surface area contributed by atoms with Gasteiger partial charge in [-0.05, 0) is 56.3 Å². The third kappa shape index (κ3) is 4.71. The Hall–Kier alpha value is -2.71. The number of hydrogen-bond donors (Lipinski definition) is 0. The highest BCUT2D eigenvalue weighted by Crippen LogP contribution is 2.23. The van der Waals surface area contributed by atoms with E-state index in [1.54, 1.807) is 6.07 Å². The predicted molar refractivity (Wildman–Crippen MR) is 117 cm³/mol. The van der Waals surface area contributed by atoms with Crippen LogP contribution in [0.2, 0.25) is 0 Å². The zero-order valence-electron chi connectivity index (χ0n) is 16.7. The maximum atomic E-state index is 12.7. The van der Waals surface area contributed by atoms with Gasteiger partial charge in [-0.25, -0.2) is 13.2 Å². The molecule has 0 bridgehead atoms. The molecule has 0 saturated heterocycles. The first-order chi connectivity index (χ1) is 14.1. The van der Waals surface area contributed by atoms with Gasteiger partial charge in [0.25, 0.3) is 0 Å². The van der Waals surface area contributed by atoms with Gasteiger partial charge in [0.05, 0.1) is 10.5 Å². The highest BCUT2D eigenvalue weighted by Gasteiger charge is 2.19. The smallest absolute Gasteiger partial charge is 0.338 e. The summed E-state index contributed by atoms with van der Waals surface area (Å²) < 4.78 is 31.3. The number of carbonyl (C=O) groups is 2. The lowest BCUT2D eigenvalue weighted by Gasteiger charge is -2.10. The van der Waals surface area contributed by atoms with Gasteiger partial charge in [-0.1, -0.05) is 28.1 Å². The predicted octanol–water partition coefficient (Wildman–Crippen LogP) is 4.30. The van der Waals surface area contributed by atoms with Crippen LogP contribution in [0.5, 0.6) is 0 Å². The van der Waals surface area contributed by atoms with Gasteiger partial charge >= 0.3 is 5.97 Å². The molecule has 0 unspecified atom stereocenters. The summed E-state index contributed by atoms with van der Waals surface area (Å²) in [6, 6.07) is 15.0. The van der Waals surface area contributed by atoms with E-state index in [0.717, 1.165) is 27.8 Å². The number of aromatic nitrogens is 1. The Morgan fingerprint density at radius 1 is 1.03 bits per heavy atom. The number of Topliss-reactive ketones (excluding diaryl/α,β-unsaturated/α-hetero) is 1. The molecule has 0 spiro atoms. The molecule has 3 rings (SSSR count). The van der Waals surface area contributed by atoms with Gasteiger partial charge in [0, 0.05) is 33.4 Å². The van der Waals surface area contributed by atoms with Gasteiger partial charge in [-0.3, -0.25) is 4.79 Å². The van der Waals surface area contributed by atoms with Crippen molar-refractivity contribution in [3.8, 4) is 5.69 Å². The molecule has 0 fully saturated rings. The molecular weight excluding hydrogens is 470 g/mol. The van der Waals surface area contributed by atoms with Crippen LogP contribution in [0.3, 0.4) is 0 Å². The molecule has 0 amide bonds. The molecule has 1 heterocycles. The zero-order valence-corrected chi connectivity index (χ0v) is 19.1. The SMILES string of the molecule is Cc1cc(C(=O)COC(=O)c2cccc(S(C)(=O)=O)c2)c(C)n1-c1cccc(Br)c1. The largest absolute Gasteiger partial charge is 0.454 e. The van der Waals surface area contributed by atoms with E-state index < -0.39 is 22.4 Å². The number of esters is 1. The second kappa shape index (κ2) is 8.57. The number of halogens is 1. The summed E-state index contributed by atoms with van der Waals surface area (Å²) in [4.78, 5) is 25.0. The lowest BCUT2D eigenvalue weighted by Crippen LogP contribution is -2.15. The Morgan fingerprint density at radius 3 is 2.40 bits per heavy atom. The van der Waals surface area contributed by atoms with E-state index >= 15 is 0 Å². The van der Waals surface area contributed by atoms with E-state index in [4.69, 9.17) is 4.74 Å². The minimum atomic E-state index is -3.45. The summed E-state index contributed by atoms with van der Waals surface area (Å²) in [7, 11) is -3.45. The quantitative estimate of drug-likeness (QED) is 0.380. The number of aryl methyl sites for hydroxylation is 1. The van der Waals surface area contributed by atoms with Crippen molar-refractivity contribution < 1.29 is 22.7 Å². The molecule has 8 heteroatoms. The first-order valence-electron chi connectivity index (χ1n) is 9.03. The molecule has 0 atom stereocenters. The summed E-state index contributed by atoms with van der Waals surface area (Å²) >= 11 is 3.45. The van der Waals surface area contributed by atoms with Crippen molar-refractivity contribution in [2.45, 2.75) is 18.7 Å². The highest BCUT2D eigenvalue weighted by molar-refractivity contribution is 9.10. The van der Waals surface area contributed by atoms with Gasteiger partial charge < -0.3 is 9.30 Å². The number of ketones is 1. The molecule has 156 valence electrons. The van der Waals surface area contributed by atoms with Crippen LogP contribution < -0.4 is 0 Å². The first kappa shape index (κ1) is 22.0. The van der Waals surface area contributed by atoms with Crippen molar-refractivity contribution >= 4 is 37.5 Å². The van der Waals surface area contributed by atoms with Gasteiger partial charge in [0.1, 0.15) is 0 Å². The maximum Gasteiger partial charge on any atom is 0.338 e. The van der Waals surface area contributed by atoms with E-state index in [9.17, 15) is 18.0 Å². The first-order valence-corrected chi connectivity index (χ1v) is 11.7. The van der Waals surface area contributed by atoms with E-state index in [-0.39, 0.29) is 16.2 Å². The summed E-state index contributed by atoms with van der Waals surface area (Å²) in [5, 5.41) is 0. The molecule has 0 aliphatic heterocycles. The van der Waals surface area contributed by atoms with Crippen LogP contribution in [0.1, 0.15) is 32.1 Å². The van der Waals surface area contributed by atoms with Crippen LogP contribution in [-0.2, 0) is 14.6 Å².